The summed E-state index contributed by atoms with van der Waals surface area (Å²) >= 11 is 0. The van der Waals surface area contributed by atoms with Gasteiger partial charge in [0.25, 0.3) is 0 Å². The van der Waals surface area contributed by atoms with E-state index in [1.807, 2.05) is 25.1 Å². The van der Waals surface area contributed by atoms with Crippen LogP contribution in [0.2, 0.25) is 0 Å². The summed E-state index contributed by atoms with van der Waals surface area (Å²) < 4.78 is 10.6. The van der Waals surface area contributed by atoms with Gasteiger partial charge in [0.1, 0.15) is 0 Å². The maximum Gasteiger partial charge on any atom is 0.304 e. The molecule has 1 heterocycles. The molecule has 0 saturated carbocycles. The van der Waals surface area contributed by atoms with Crippen LogP contribution in [-0.4, -0.2) is 35.9 Å². The van der Waals surface area contributed by atoms with Crippen LogP contribution in [0.4, 0.5) is 0 Å². The first-order chi connectivity index (χ1) is 8.69. The molecule has 5 heteroatoms. The van der Waals surface area contributed by atoms with Crippen LogP contribution in [0.25, 0.3) is 0 Å². The predicted molar refractivity (Wildman–Crippen MR) is 65.8 cm³/mol. The largest absolute Gasteiger partial charge is 0.481 e. The molecule has 0 spiro atoms. The van der Waals surface area contributed by atoms with Crippen LogP contribution in [0.3, 0.4) is 0 Å². The highest BCUT2D eigenvalue weighted by Crippen LogP contribution is 2.32. The van der Waals surface area contributed by atoms with Crippen molar-refractivity contribution in [3.63, 3.8) is 0 Å². The molecule has 0 saturated heterocycles. The minimum absolute atomic E-state index is 0.165. The average Bonchev–Trinajstić information content (AvgIpc) is 2.81. The molecular formula is C13H17NO4. The molecule has 98 valence electrons. The van der Waals surface area contributed by atoms with E-state index < -0.39 is 5.97 Å². The van der Waals surface area contributed by atoms with E-state index in [2.05, 4.69) is 4.90 Å². The Bertz CT molecular complexity index is 433. The maximum absolute atomic E-state index is 10.6. The SMILES string of the molecule is CCN(CCC(=O)O)Cc1ccc2c(c1)OCO2. The first-order valence-electron chi connectivity index (χ1n) is 6.01. The van der Waals surface area contributed by atoms with Gasteiger partial charge in [-0.3, -0.25) is 9.69 Å². The zero-order chi connectivity index (χ0) is 13.0. The third-order valence-electron chi connectivity index (χ3n) is 2.93. The monoisotopic (exact) mass is 251 g/mol. The molecular weight excluding hydrogens is 234 g/mol. The maximum atomic E-state index is 10.6. The number of fused-ring (bicyclic) bond motifs is 1. The Morgan fingerprint density at radius 1 is 1.39 bits per heavy atom. The topological polar surface area (TPSA) is 59.0 Å². The molecule has 0 bridgehead atoms. The van der Waals surface area contributed by atoms with Gasteiger partial charge in [0.2, 0.25) is 6.79 Å². The highest BCUT2D eigenvalue weighted by Gasteiger charge is 2.14. The minimum atomic E-state index is -0.765. The fourth-order valence-corrected chi connectivity index (χ4v) is 1.90. The Morgan fingerprint density at radius 2 is 2.17 bits per heavy atom. The molecule has 0 aliphatic carbocycles. The number of ether oxygens (including phenoxy) is 2. The van der Waals surface area contributed by atoms with E-state index >= 15 is 0 Å². The van der Waals surface area contributed by atoms with Gasteiger partial charge < -0.3 is 14.6 Å². The van der Waals surface area contributed by atoms with E-state index in [9.17, 15) is 4.79 Å². The van der Waals surface area contributed by atoms with Gasteiger partial charge in [-0.2, -0.15) is 0 Å². The van der Waals surface area contributed by atoms with Gasteiger partial charge in [-0.25, -0.2) is 0 Å². The summed E-state index contributed by atoms with van der Waals surface area (Å²) in [5, 5.41) is 8.69. The Kier molecular flexibility index (Phi) is 4.04. The first kappa shape index (κ1) is 12.7. The van der Waals surface area contributed by atoms with Crippen LogP contribution in [-0.2, 0) is 11.3 Å². The fraction of sp³-hybridized carbons (Fsp3) is 0.462. The van der Waals surface area contributed by atoms with E-state index in [1.54, 1.807) is 0 Å². The second kappa shape index (κ2) is 5.73. The normalized spacial score (nSPS) is 13.0. The van der Waals surface area contributed by atoms with Crippen molar-refractivity contribution in [3.8, 4) is 11.5 Å². The van der Waals surface area contributed by atoms with Crippen LogP contribution < -0.4 is 9.47 Å². The Hall–Kier alpha value is -1.75. The molecule has 1 aliphatic rings. The molecule has 0 amide bonds. The highest BCUT2D eigenvalue weighted by molar-refractivity contribution is 5.66. The molecule has 0 atom stereocenters. The van der Waals surface area contributed by atoms with E-state index in [0.717, 1.165) is 30.2 Å². The average molecular weight is 251 g/mol. The summed E-state index contributed by atoms with van der Waals surface area (Å²) in [6.07, 6.45) is 0.165. The number of nitrogens with zero attached hydrogens (tertiary/aromatic N) is 1. The molecule has 0 aromatic heterocycles. The van der Waals surface area contributed by atoms with Crippen molar-refractivity contribution >= 4 is 5.97 Å². The van der Waals surface area contributed by atoms with Gasteiger partial charge >= 0.3 is 5.97 Å². The molecule has 2 rings (SSSR count). The van der Waals surface area contributed by atoms with Crippen molar-refractivity contribution in [2.24, 2.45) is 0 Å². The van der Waals surface area contributed by atoms with Crippen molar-refractivity contribution in [2.45, 2.75) is 19.9 Å². The number of hydrogen-bond acceptors (Lipinski definition) is 4. The van der Waals surface area contributed by atoms with Crippen LogP contribution in [0, 0.1) is 0 Å². The minimum Gasteiger partial charge on any atom is -0.481 e. The lowest BCUT2D eigenvalue weighted by Crippen LogP contribution is -2.25. The summed E-state index contributed by atoms with van der Waals surface area (Å²) in [4.78, 5) is 12.7. The number of carbonyl (C=O) groups is 1. The summed E-state index contributed by atoms with van der Waals surface area (Å²) in [5.74, 6) is 0.772. The van der Waals surface area contributed by atoms with Crippen molar-refractivity contribution in [1.29, 1.82) is 0 Å². The van der Waals surface area contributed by atoms with E-state index in [1.165, 1.54) is 0 Å². The predicted octanol–water partition coefficient (Wildman–Crippen LogP) is 1.71. The van der Waals surface area contributed by atoms with Gasteiger partial charge in [0, 0.05) is 13.1 Å². The van der Waals surface area contributed by atoms with Crippen LogP contribution in [0.5, 0.6) is 11.5 Å². The number of benzene rings is 1. The lowest BCUT2D eigenvalue weighted by Gasteiger charge is -2.19. The second-order valence-electron chi connectivity index (χ2n) is 4.20. The van der Waals surface area contributed by atoms with Gasteiger partial charge in [-0.1, -0.05) is 13.0 Å². The van der Waals surface area contributed by atoms with Crippen molar-refractivity contribution in [2.75, 3.05) is 19.9 Å². The Labute approximate surface area is 106 Å². The fourth-order valence-electron chi connectivity index (χ4n) is 1.90. The summed E-state index contributed by atoms with van der Waals surface area (Å²) in [6.45, 7) is 4.40. The summed E-state index contributed by atoms with van der Waals surface area (Å²) in [6, 6.07) is 5.82. The molecule has 1 N–H and O–H groups in total. The number of carboxylic acid groups (broad SMARTS) is 1. The highest BCUT2D eigenvalue weighted by atomic mass is 16.7. The van der Waals surface area contributed by atoms with Gasteiger partial charge in [0.05, 0.1) is 6.42 Å². The summed E-state index contributed by atoms with van der Waals surface area (Å²) in [5.41, 5.74) is 1.10. The zero-order valence-corrected chi connectivity index (χ0v) is 10.4. The third-order valence-corrected chi connectivity index (χ3v) is 2.93. The standard InChI is InChI=1S/C13H17NO4/c1-2-14(6-5-13(15)16)8-10-3-4-11-12(7-10)18-9-17-11/h3-4,7H,2,5-6,8-9H2,1H3,(H,15,16). The van der Waals surface area contributed by atoms with E-state index in [4.69, 9.17) is 14.6 Å². The molecule has 1 aromatic rings. The number of rotatable bonds is 6. The quantitative estimate of drug-likeness (QED) is 0.834. The van der Waals surface area contributed by atoms with E-state index in [0.29, 0.717) is 6.54 Å². The lowest BCUT2D eigenvalue weighted by molar-refractivity contribution is -0.137. The number of aliphatic carboxylic acids is 1. The zero-order valence-electron chi connectivity index (χ0n) is 10.4. The molecule has 18 heavy (non-hydrogen) atoms. The summed E-state index contributed by atoms with van der Waals surface area (Å²) in [7, 11) is 0. The Morgan fingerprint density at radius 3 is 2.89 bits per heavy atom. The van der Waals surface area contributed by atoms with Gasteiger partial charge in [-0.15, -0.1) is 0 Å². The molecule has 1 aliphatic heterocycles. The van der Waals surface area contributed by atoms with Crippen molar-refractivity contribution in [1.82, 2.24) is 4.90 Å². The molecule has 0 radical (unpaired) electrons. The first-order valence-corrected chi connectivity index (χ1v) is 6.01. The molecule has 5 nitrogen and oxygen atoms in total. The van der Waals surface area contributed by atoms with Gasteiger partial charge in [-0.05, 0) is 24.2 Å². The smallest absolute Gasteiger partial charge is 0.304 e. The number of hydrogen-bond donors (Lipinski definition) is 1. The van der Waals surface area contributed by atoms with Crippen LogP contribution in [0.1, 0.15) is 18.9 Å². The Balaban J connectivity index is 1.96. The lowest BCUT2D eigenvalue weighted by atomic mass is 10.2. The molecule has 1 aromatic carbocycles. The third kappa shape index (κ3) is 3.13. The van der Waals surface area contributed by atoms with E-state index in [-0.39, 0.29) is 13.2 Å². The van der Waals surface area contributed by atoms with Gasteiger partial charge in [0.15, 0.2) is 11.5 Å². The molecule has 0 fully saturated rings. The second-order valence-corrected chi connectivity index (χ2v) is 4.20. The van der Waals surface area contributed by atoms with Crippen LogP contribution >= 0.6 is 0 Å². The van der Waals surface area contributed by atoms with Crippen molar-refractivity contribution < 1.29 is 19.4 Å². The number of carboxylic acids is 1. The molecule has 0 unspecified atom stereocenters. The van der Waals surface area contributed by atoms with Crippen LogP contribution in [0.15, 0.2) is 18.2 Å². The van der Waals surface area contributed by atoms with Crippen molar-refractivity contribution in [3.05, 3.63) is 23.8 Å².